The van der Waals surface area contributed by atoms with E-state index in [1.165, 1.54) is 27.8 Å². The van der Waals surface area contributed by atoms with Gasteiger partial charge in [-0.05, 0) is 30.4 Å². The number of fused-ring (bicyclic) bond motifs is 1. The molecule has 3 rings (SSSR count). The number of esters is 1. The SMILES string of the molecule is CCC(C)OC(=O)Cn1cnc2scc(-c3ccc(C(C)C)cc3)c2c1=O. The van der Waals surface area contributed by atoms with Crippen LogP contribution in [0.3, 0.4) is 0 Å². The van der Waals surface area contributed by atoms with E-state index < -0.39 is 5.97 Å². The Kier molecular flexibility index (Phi) is 5.75. The first-order valence-corrected chi connectivity index (χ1v) is 10.0. The van der Waals surface area contributed by atoms with Crippen molar-refractivity contribution in [2.75, 3.05) is 0 Å². The van der Waals surface area contributed by atoms with E-state index in [0.717, 1.165) is 17.5 Å². The van der Waals surface area contributed by atoms with Crippen molar-refractivity contribution < 1.29 is 9.53 Å². The first-order chi connectivity index (χ1) is 12.9. The van der Waals surface area contributed by atoms with Gasteiger partial charge in [-0.25, -0.2) is 4.98 Å². The predicted molar refractivity (Wildman–Crippen MR) is 109 cm³/mol. The van der Waals surface area contributed by atoms with Crippen LogP contribution in [0.4, 0.5) is 0 Å². The van der Waals surface area contributed by atoms with Crippen molar-refractivity contribution in [3.05, 3.63) is 51.9 Å². The van der Waals surface area contributed by atoms with Gasteiger partial charge in [-0.2, -0.15) is 0 Å². The van der Waals surface area contributed by atoms with Gasteiger partial charge in [0, 0.05) is 10.9 Å². The molecular weight excluding hydrogens is 360 g/mol. The Morgan fingerprint density at radius 1 is 1.22 bits per heavy atom. The van der Waals surface area contributed by atoms with Crippen LogP contribution in [0.1, 0.15) is 45.6 Å². The summed E-state index contributed by atoms with van der Waals surface area (Å²) < 4.78 is 6.60. The lowest BCUT2D eigenvalue weighted by molar-refractivity contribution is -0.149. The fraction of sp³-hybridized carbons (Fsp3) is 0.381. The van der Waals surface area contributed by atoms with E-state index >= 15 is 0 Å². The number of thiophene rings is 1. The highest BCUT2D eigenvalue weighted by Gasteiger charge is 2.16. The van der Waals surface area contributed by atoms with E-state index in [4.69, 9.17) is 4.74 Å². The topological polar surface area (TPSA) is 61.2 Å². The predicted octanol–water partition coefficient (Wildman–Crippen LogP) is 4.59. The van der Waals surface area contributed by atoms with E-state index in [1.54, 1.807) is 0 Å². The maximum atomic E-state index is 13.0. The fourth-order valence-corrected chi connectivity index (χ4v) is 3.73. The average Bonchev–Trinajstić information content (AvgIpc) is 3.08. The normalized spacial score (nSPS) is 12.5. The first kappa shape index (κ1) is 19.3. The van der Waals surface area contributed by atoms with Crippen LogP contribution >= 0.6 is 11.3 Å². The lowest BCUT2D eigenvalue weighted by atomic mass is 9.99. The molecule has 0 aliphatic heterocycles. The van der Waals surface area contributed by atoms with Gasteiger partial charge in [0.1, 0.15) is 11.4 Å². The van der Waals surface area contributed by atoms with E-state index in [9.17, 15) is 9.59 Å². The highest BCUT2D eigenvalue weighted by molar-refractivity contribution is 7.17. The summed E-state index contributed by atoms with van der Waals surface area (Å²) in [6, 6.07) is 8.24. The number of benzene rings is 1. The number of rotatable bonds is 6. The van der Waals surface area contributed by atoms with Crippen molar-refractivity contribution in [3.8, 4) is 11.1 Å². The molecule has 0 aliphatic rings. The van der Waals surface area contributed by atoms with Gasteiger partial charge in [-0.1, -0.05) is 45.0 Å². The minimum absolute atomic E-state index is 0.131. The molecule has 27 heavy (non-hydrogen) atoms. The van der Waals surface area contributed by atoms with Crippen LogP contribution < -0.4 is 5.56 Å². The van der Waals surface area contributed by atoms with Gasteiger partial charge >= 0.3 is 5.97 Å². The summed E-state index contributed by atoms with van der Waals surface area (Å²) in [7, 11) is 0. The highest BCUT2D eigenvalue weighted by atomic mass is 32.1. The molecule has 2 aromatic heterocycles. The Balaban J connectivity index is 1.97. The van der Waals surface area contributed by atoms with E-state index in [-0.39, 0.29) is 18.2 Å². The number of nitrogens with zero attached hydrogens (tertiary/aromatic N) is 2. The van der Waals surface area contributed by atoms with Gasteiger partial charge in [0.25, 0.3) is 5.56 Å². The molecule has 0 amide bonds. The van der Waals surface area contributed by atoms with Crippen molar-refractivity contribution >= 4 is 27.5 Å². The second-order valence-corrected chi connectivity index (χ2v) is 7.85. The fourth-order valence-electron chi connectivity index (χ4n) is 2.82. The third-order valence-electron chi connectivity index (χ3n) is 4.66. The van der Waals surface area contributed by atoms with Crippen LogP contribution in [0.2, 0.25) is 0 Å². The summed E-state index contributed by atoms with van der Waals surface area (Å²) in [5, 5.41) is 2.50. The number of hydrogen-bond acceptors (Lipinski definition) is 5. The largest absolute Gasteiger partial charge is 0.461 e. The molecule has 3 aromatic rings. The number of hydrogen-bond donors (Lipinski definition) is 0. The van der Waals surface area contributed by atoms with Gasteiger partial charge in [-0.15, -0.1) is 11.3 Å². The molecule has 0 saturated carbocycles. The molecule has 0 aliphatic carbocycles. The number of carbonyl (C=O) groups is 1. The van der Waals surface area contributed by atoms with Crippen LogP contribution in [-0.4, -0.2) is 21.6 Å². The second-order valence-electron chi connectivity index (χ2n) is 6.99. The number of ether oxygens (including phenoxy) is 1. The maximum absolute atomic E-state index is 13.0. The summed E-state index contributed by atoms with van der Waals surface area (Å²) in [6.07, 6.45) is 1.99. The van der Waals surface area contributed by atoms with Crippen molar-refractivity contribution in [2.24, 2.45) is 0 Å². The van der Waals surface area contributed by atoms with Crippen molar-refractivity contribution in [2.45, 2.75) is 52.7 Å². The van der Waals surface area contributed by atoms with E-state index in [0.29, 0.717) is 16.1 Å². The monoisotopic (exact) mass is 384 g/mol. The molecule has 5 nitrogen and oxygen atoms in total. The van der Waals surface area contributed by atoms with E-state index in [2.05, 4.69) is 31.0 Å². The molecule has 0 spiro atoms. The van der Waals surface area contributed by atoms with Crippen LogP contribution in [0.15, 0.2) is 40.8 Å². The molecule has 2 heterocycles. The molecule has 0 N–H and O–H groups in total. The maximum Gasteiger partial charge on any atom is 0.326 e. The molecule has 1 unspecified atom stereocenters. The standard InChI is InChI=1S/C21H24N2O3S/c1-5-14(4)26-18(24)10-23-12-22-20-19(21(23)25)17(11-27-20)16-8-6-15(7-9-16)13(2)3/h6-9,11-14H,5,10H2,1-4H3. The van der Waals surface area contributed by atoms with Crippen LogP contribution in [0, 0.1) is 0 Å². The summed E-state index contributed by atoms with van der Waals surface area (Å²) in [5.41, 5.74) is 2.86. The zero-order valence-corrected chi connectivity index (χ0v) is 16.9. The van der Waals surface area contributed by atoms with Crippen molar-refractivity contribution in [3.63, 3.8) is 0 Å². The Hall–Kier alpha value is -2.47. The lowest BCUT2D eigenvalue weighted by Crippen LogP contribution is -2.27. The summed E-state index contributed by atoms with van der Waals surface area (Å²) in [6.45, 7) is 7.94. The molecular formula is C21H24N2O3S. The minimum Gasteiger partial charge on any atom is -0.461 e. The van der Waals surface area contributed by atoms with Gasteiger partial charge < -0.3 is 4.74 Å². The van der Waals surface area contributed by atoms with Gasteiger partial charge in [0.2, 0.25) is 0 Å². The third kappa shape index (κ3) is 4.11. The Morgan fingerprint density at radius 3 is 2.56 bits per heavy atom. The van der Waals surface area contributed by atoms with Gasteiger partial charge in [-0.3, -0.25) is 14.2 Å². The van der Waals surface area contributed by atoms with Gasteiger partial charge in [0.05, 0.1) is 17.8 Å². The molecule has 1 aromatic carbocycles. The Bertz CT molecular complexity index is 1000. The van der Waals surface area contributed by atoms with Crippen molar-refractivity contribution in [1.29, 1.82) is 0 Å². The van der Waals surface area contributed by atoms with Crippen LogP contribution in [0.5, 0.6) is 0 Å². The lowest BCUT2D eigenvalue weighted by Gasteiger charge is -2.11. The Labute approximate surface area is 162 Å². The highest BCUT2D eigenvalue weighted by Crippen LogP contribution is 2.31. The summed E-state index contributed by atoms with van der Waals surface area (Å²) in [5.74, 6) is 0.0272. The second kappa shape index (κ2) is 8.05. The molecule has 0 fully saturated rings. The summed E-state index contributed by atoms with van der Waals surface area (Å²) >= 11 is 1.43. The molecule has 0 bridgehead atoms. The zero-order chi connectivity index (χ0) is 19.6. The zero-order valence-electron chi connectivity index (χ0n) is 16.1. The first-order valence-electron chi connectivity index (χ1n) is 9.17. The summed E-state index contributed by atoms with van der Waals surface area (Å²) in [4.78, 5) is 30.1. The van der Waals surface area contributed by atoms with E-state index in [1.807, 2.05) is 31.4 Å². The van der Waals surface area contributed by atoms with Crippen LogP contribution in [0.25, 0.3) is 21.3 Å². The van der Waals surface area contributed by atoms with Crippen molar-refractivity contribution in [1.82, 2.24) is 9.55 Å². The molecule has 142 valence electrons. The molecule has 6 heteroatoms. The Morgan fingerprint density at radius 2 is 1.93 bits per heavy atom. The third-order valence-corrected chi connectivity index (χ3v) is 5.54. The quantitative estimate of drug-likeness (QED) is 0.583. The molecule has 0 saturated heterocycles. The van der Waals surface area contributed by atoms with Gasteiger partial charge in [0.15, 0.2) is 0 Å². The number of carbonyl (C=O) groups excluding carboxylic acids is 1. The smallest absolute Gasteiger partial charge is 0.326 e. The average molecular weight is 385 g/mol. The van der Waals surface area contributed by atoms with Crippen LogP contribution in [-0.2, 0) is 16.1 Å². The minimum atomic E-state index is -0.425. The number of aromatic nitrogens is 2. The molecule has 1 atom stereocenters. The molecule has 0 radical (unpaired) electrons.